The first-order valence-electron chi connectivity index (χ1n) is 6.84. The van der Waals surface area contributed by atoms with E-state index in [1.165, 1.54) is 32.1 Å². The molecule has 0 radical (unpaired) electrons. The van der Waals surface area contributed by atoms with E-state index in [9.17, 15) is 0 Å². The second-order valence-electron chi connectivity index (χ2n) is 5.07. The maximum atomic E-state index is 5.71. The van der Waals surface area contributed by atoms with Crippen LogP contribution in [0.5, 0.6) is 0 Å². The average Bonchev–Trinajstić information content (AvgIpc) is 2.27. The molecule has 94 valence electrons. The Kier molecular flexibility index (Phi) is 5.59. The van der Waals surface area contributed by atoms with Crippen LogP contribution in [-0.4, -0.2) is 39.0 Å². The van der Waals surface area contributed by atoms with Crippen LogP contribution in [0.1, 0.15) is 38.5 Å². The van der Waals surface area contributed by atoms with Crippen molar-refractivity contribution in [1.29, 1.82) is 0 Å². The molecule has 1 aliphatic carbocycles. The van der Waals surface area contributed by atoms with Crippen molar-refractivity contribution in [2.45, 2.75) is 44.6 Å². The summed E-state index contributed by atoms with van der Waals surface area (Å²) < 4.78 is 11.0. The second kappa shape index (κ2) is 7.25. The molecule has 2 aliphatic rings. The molecule has 0 aromatic carbocycles. The lowest BCUT2D eigenvalue weighted by molar-refractivity contribution is 0.0200. The Bertz CT molecular complexity index is 177. The highest BCUT2D eigenvalue weighted by Crippen LogP contribution is 2.17. The van der Waals surface area contributed by atoms with E-state index in [2.05, 4.69) is 5.32 Å². The van der Waals surface area contributed by atoms with Gasteiger partial charge in [-0.1, -0.05) is 6.42 Å². The fraction of sp³-hybridized carbons (Fsp3) is 1.00. The van der Waals surface area contributed by atoms with Gasteiger partial charge in [0.2, 0.25) is 0 Å². The van der Waals surface area contributed by atoms with Gasteiger partial charge in [-0.05, 0) is 44.6 Å². The van der Waals surface area contributed by atoms with E-state index in [4.69, 9.17) is 9.47 Å². The van der Waals surface area contributed by atoms with Gasteiger partial charge in [-0.25, -0.2) is 0 Å². The van der Waals surface area contributed by atoms with Crippen molar-refractivity contribution in [1.82, 2.24) is 5.32 Å². The number of rotatable bonds is 7. The predicted molar refractivity (Wildman–Crippen MR) is 64.6 cm³/mol. The van der Waals surface area contributed by atoms with E-state index >= 15 is 0 Å². The van der Waals surface area contributed by atoms with Gasteiger partial charge < -0.3 is 14.8 Å². The van der Waals surface area contributed by atoms with Crippen molar-refractivity contribution in [3.8, 4) is 0 Å². The van der Waals surface area contributed by atoms with Gasteiger partial charge in [0, 0.05) is 32.5 Å². The lowest BCUT2D eigenvalue weighted by atomic mass is 9.93. The lowest BCUT2D eigenvalue weighted by Gasteiger charge is -2.26. The molecule has 0 unspecified atom stereocenters. The van der Waals surface area contributed by atoms with Crippen molar-refractivity contribution >= 4 is 0 Å². The van der Waals surface area contributed by atoms with E-state index in [1.807, 2.05) is 0 Å². The fourth-order valence-electron chi connectivity index (χ4n) is 2.26. The van der Waals surface area contributed by atoms with Crippen LogP contribution in [-0.2, 0) is 9.47 Å². The minimum Gasteiger partial charge on any atom is -0.381 e. The number of ether oxygens (including phenoxy) is 2. The first-order chi connectivity index (χ1) is 7.95. The molecule has 0 amide bonds. The second-order valence-corrected chi connectivity index (χ2v) is 5.07. The molecule has 2 fully saturated rings. The van der Waals surface area contributed by atoms with Crippen LogP contribution in [0.4, 0.5) is 0 Å². The van der Waals surface area contributed by atoms with E-state index in [0.717, 1.165) is 51.4 Å². The van der Waals surface area contributed by atoms with Gasteiger partial charge in [-0.2, -0.15) is 0 Å². The molecule has 1 heterocycles. The zero-order valence-corrected chi connectivity index (χ0v) is 10.2. The molecule has 1 N–H and O–H groups in total. The molecule has 0 atom stereocenters. The standard InChI is InChI=1S/C13H25NO2/c1-3-13(4-1)14-7-2-8-16-11-12-5-9-15-10-6-12/h12-14H,1-11H2. The third-order valence-electron chi connectivity index (χ3n) is 3.70. The van der Waals surface area contributed by atoms with Gasteiger partial charge in [0.25, 0.3) is 0 Å². The highest BCUT2D eigenvalue weighted by molar-refractivity contribution is 4.75. The normalized spacial score (nSPS) is 23.2. The first kappa shape index (κ1) is 12.3. The molecule has 3 heteroatoms. The summed E-state index contributed by atoms with van der Waals surface area (Å²) in [5.74, 6) is 0.744. The van der Waals surface area contributed by atoms with Crippen LogP contribution in [0.25, 0.3) is 0 Å². The van der Waals surface area contributed by atoms with Crippen LogP contribution in [0.2, 0.25) is 0 Å². The first-order valence-corrected chi connectivity index (χ1v) is 6.84. The predicted octanol–water partition coefficient (Wildman–Crippen LogP) is 1.96. The SMILES string of the molecule is C(CNC1CCC1)COCC1CCOCC1. The van der Waals surface area contributed by atoms with Gasteiger partial charge in [0.1, 0.15) is 0 Å². The summed E-state index contributed by atoms with van der Waals surface area (Å²) >= 11 is 0. The zero-order valence-electron chi connectivity index (χ0n) is 10.2. The minimum atomic E-state index is 0.744. The maximum absolute atomic E-state index is 5.71. The van der Waals surface area contributed by atoms with E-state index in [1.54, 1.807) is 0 Å². The minimum absolute atomic E-state index is 0.744. The largest absolute Gasteiger partial charge is 0.381 e. The monoisotopic (exact) mass is 227 g/mol. The summed E-state index contributed by atoms with van der Waals surface area (Å²) in [6, 6.07) is 0.815. The Morgan fingerprint density at radius 3 is 2.62 bits per heavy atom. The Morgan fingerprint density at radius 1 is 1.12 bits per heavy atom. The Morgan fingerprint density at radius 2 is 1.94 bits per heavy atom. The molecule has 0 bridgehead atoms. The average molecular weight is 227 g/mol. The molecular weight excluding hydrogens is 202 g/mol. The van der Waals surface area contributed by atoms with Crippen molar-refractivity contribution in [2.75, 3.05) is 33.0 Å². The number of hydrogen-bond acceptors (Lipinski definition) is 3. The summed E-state index contributed by atoms with van der Waals surface area (Å²) in [6.45, 7) is 4.83. The quantitative estimate of drug-likeness (QED) is 0.674. The van der Waals surface area contributed by atoms with Gasteiger partial charge in [-0.15, -0.1) is 0 Å². The van der Waals surface area contributed by atoms with Crippen molar-refractivity contribution in [3.05, 3.63) is 0 Å². The molecule has 0 aromatic rings. The van der Waals surface area contributed by atoms with Crippen molar-refractivity contribution < 1.29 is 9.47 Å². The lowest BCUT2D eigenvalue weighted by Crippen LogP contribution is -2.36. The van der Waals surface area contributed by atoms with Crippen LogP contribution in [0.15, 0.2) is 0 Å². The summed E-state index contributed by atoms with van der Waals surface area (Å²) in [4.78, 5) is 0. The van der Waals surface area contributed by atoms with Crippen molar-refractivity contribution in [2.24, 2.45) is 5.92 Å². The van der Waals surface area contributed by atoms with Crippen LogP contribution in [0.3, 0.4) is 0 Å². The molecular formula is C13H25NO2. The smallest absolute Gasteiger partial charge is 0.0495 e. The summed E-state index contributed by atoms with van der Waals surface area (Å²) in [5, 5.41) is 3.56. The molecule has 1 saturated heterocycles. The van der Waals surface area contributed by atoms with Crippen molar-refractivity contribution in [3.63, 3.8) is 0 Å². The van der Waals surface area contributed by atoms with E-state index in [-0.39, 0.29) is 0 Å². The molecule has 1 saturated carbocycles. The van der Waals surface area contributed by atoms with Gasteiger partial charge in [0.15, 0.2) is 0 Å². The Hall–Kier alpha value is -0.120. The van der Waals surface area contributed by atoms with Gasteiger partial charge in [0.05, 0.1) is 0 Å². The van der Waals surface area contributed by atoms with E-state index in [0.29, 0.717) is 0 Å². The molecule has 2 rings (SSSR count). The van der Waals surface area contributed by atoms with Crippen LogP contribution >= 0.6 is 0 Å². The Balaban J connectivity index is 1.36. The zero-order chi connectivity index (χ0) is 11.1. The maximum Gasteiger partial charge on any atom is 0.0495 e. The molecule has 3 nitrogen and oxygen atoms in total. The summed E-state index contributed by atoms with van der Waals surface area (Å²) in [6.07, 6.45) is 7.68. The third kappa shape index (κ3) is 4.40. The number of hydrogen-bond donors (Lipinski definition) is 1. The van der Waals surface area contributed by atoms with Crippen LogP contribution < -0.4 is 5.32 Å². The molecule has 16 heavy (non-hydrogen) atoms. The summed E-state index contributed by atoms with van der Waals surface area (Å²) in [7, 11) is 0. The van der Waals surface area contributed by atoms with Gasteiger partial charge in [-0.3, -0.25) is 0 Å². The third-order valence-corrected chi connectivity index (χ3v) is 3.70. The molecule has 0 spiro atoms. The highest BCUT2D eigenvalue weighted by Gasteiger charge is 2.16. The number of nitrogens with one attached hydrogen (secondary N) is 1. The topological polar surface area (TPSA) is 30.5 Å². The van der Waals surface area contributed by atoms with E-state index < -0.39 is 0 Å². The van der Waals surface area contributed by atoms with Crippen LogP contribution in [0, 0.1) is 5.92 Å². The molecule has 1 aliphatic heterocycles. The summed E-state index contributed by atoms with van der Waals surface area (Å²) in [5.41, 5.74) is 0. The fourth-order valence-corrected chi connectivity index (χ4v) is 2.26. The highest BCUT2D eigenvalue weighted by atomic mass is 16.5. The molecule has 0 aromatic heterocycles. The Labute approximate surface area is 98.9 Å². The van der Waals surface area contributed by atoms with Gasteiger partial charge >= 0.3 is 0 Å².